The lowest BCUT2D eigenvalue weighted by molar-refractivity contribution is -0.125. The quantitative estimate of drug-likeness (QED) is 0.810. The number of amides is 1. The second-order valence-corrected chi connectivity index (χ2v) is 7.66. The van der Waals surface area contributed by atoms with Crippen molar-refractivity contribution in [2.75, 3.05) is 19.6 Å². The second kappa shape index (κ2) is 8.90. The first kappa shape index (κ1) is 19.2. The fourth-order valence-electron chi connectivity index (χ4n) is 3.48. The molecule has 1 fully saturated rings. The molecule has 1 aromatic heterocycles. The van der Waals surface area contributed by atoms with Crippen LogP contribution in [0.5, 0.6) is 0 Å². The van der Waals surface area contributed by atoms with Gasteiger partial charge in [-0.2, -0.15) is 0 Å². The minimum Gasteiger partial charge on any atom is -0.354 e. The number of aromatic nitrogens is 4. The molecule has 2 atom stereocenters. The Morgan fingerprint density at radius 1 is 1.33 bits per heavy atom. The van der Waals surface area contributed by atoms with Crippen LogP contribution in [0.25, 0.3) is 6.08 Å². The third-order valence-corrected chi connectivity index (χ3v) is 4.77. The predicted molar refractivity (Wildman–Crippen MR) is 105 cm³/mol. The van der Waals surface area contributed by atoms with Gasteiger partial charge in [0.25, 0.3) is 0 Å². The molecule has 144 valence electrons. The summed E-state index contributed by atoms with van der Waals surface area (Å²) in [7, 11) is 0. The van der Waals surface area contributed by atoms with Crippen molar-refractivity contribution in [3.8, 4) is 0 Å². The van der Waals surface area contributed by atoms with Gasteiger partial charge in [0.05, 0.1) is 12.1 Å². The molecule has 0 radical (unpaired) electrons. The topological polar surface area (TPSA) is 75.9 Å². The molecule has 1 saturated heterocycles. The molecule has 7 nitrogen and oxygen atoms in total. The van der Waals surface area contributed by atoms with Crippen LogP contribution >= 0.6 is 0 Å². The van der Waals surface area contributed by atoms with E-state index in [1.54, 1.807) is 11.0 Å². The van der Waals surface area contributed by atoms with E-state index in [-0.39, 0.29) is 18.0 Å². The van der Waals surface area contributed by atoms with Crippen LogP contribution in [0.4, 0.5) is 0 Å². The van der Waals surface area contributed by atoms with E-state index >= 15 is 0 Å². The van der Waals surface area contributed by atoms with Gasteiger partial charge in [0, 0.05) is 19.6 Å². The molecule has 1 amide bonds. The number of nitrogens with zero attached hydrogens (tertiary/aromatic N) is 5. The molecule has 2 aromatic rings. The maximum absolute atomic E-state index is 12.8. The molecule has 0 bridgehead atoms. The highest BCUT2D eigenvalue weighted by atomic mass is 16.2. The van der Waals surface area contributed by atoms with Crippen LogP contribution in [-0.4, -0.2) is 56.7 Å². The lowest BCUT2D eigenvalue weighted by Gasteiger charge is -2.24. The van der Waals surface area contributed by atoms with Crippen molar-refractivity contribution in [1.82, 2.24) is 30.4 Å². The molecule has 0 aliphatic carbocycles. The van der Waals surface area contributed by atoms with E-state index in [4.69, 9.17) is 0 Å². The molecule has 27 heavy (non-hydrogen) atoms. The van der Waals surface area contributed by atoms with Crippen LogP contribution in [0.3, 0.4) is 0 Å². The average Bonchev–Trinajstić information content (AvgIpc) is 3.30. The first-order valence-electron chi connectivity index (χ1n) is 9.49. The van der Waals surface area contributed by atoms with Gasteiger partial charge < -0.3 is 5.32 Å². The molecule has 7 heteroatoms. The largest absolute Gasteiger partial charge is 0.354 e. The van der Waals surface area contributed by atoms with Gasteiger partial charge in [0.15, 0.2) is 0 Å². The lowest BCUT2D eigenvalue weighted by Crippen LogP contribution is -2.44. The van der Waals surface area contributed by atoms with Crippen molar-refractivity contribution in [2.45, 2.75) is 39.3 Å². The summed E-state index contributed by atoms with van der Waals surface area (Å²) in [4.78, 5) is 15.0. The summed E-state index contributed by atoms with van der Waals surface area (Å²) >= 11 is 0. The van der Waals surface area contributed by atoms with Crippen LogP contribution in [-0.2, 0) is 4.79 Å². The Bertz CT molecular complexity index is 756. The van der Waals surface area contributed by atoms with E-state index in [1.807, 2.05) is 18.2 Å². The SMILES string of the molecule is CC(=Cc1ccccc1)CN1C[C@H](n2cnnn2)C[C@H]1C(=O)NCC(C)C. The zero-order valence-corrected chi connectivity index (χ0v) is 16.2. The fraction of sp³-hybridized carbons (Fsp3) is 0.500. The smallest absolute Gasteiger partial charge is 0.237 e. The summed E-state index contributed by atoms with van der Waals surface area (Å²) in [6.07, 6.45) is 4.52. The standard InChI is InChI=1S/C20H28N6O/c1-15(2)11-21-20(27)19-10-18(26-14-22-23-24-26)13-25(19)12-16(3)9-17-7-5-4-6-8-17/h4-9,14-15,18-19H,10-13H2,1-3H3,(H,21,27)/t18-,19+/m1/s1. The van der Waals surface area contributed by atoms with Crippen LogP contribution in [0.1, 0.15) is 38.8 Å². The lowest BCUT2D eigenvalue weighted by atomic mass is 10.1. The molecular formula is C20H28N6O. The van der Waals surface area contributed by atoms with E-state index in [9.17, 15) is 4.79 Å². The molecule has 1 aromatic carbocycles. The van der Waals surface area contributed by atoms with Crippen molar-refractivity contribution in [2.24, 2.45) is 5.92 Å². The summed E-state index contributed by atoms with van der Waals surface area (Å²) in [5.74, 6) is 0.519. The van der Waals surface area contributed by atoms with Crippen LogP contribution in [0.2, 0.25) is 0 Å². The third kappa shape index (κ3) is 5.23. The van der Waals surface area contributed by atoms with E-state index in [2.05, 4.69) is 64.7 Å². The third-order valence-electron chi connectivity index (χ3n) is 4.77. The van der Waals surface area contributed by atoms with Crippen LogP contribution < -0.4 is 5.32 Å². The monoisotopic (exact) mass is 368 g/mol. The zero-order chi connectivity index (χ0) is 19.2. The van der Waals surface area contributed by atoms with Gasteiger partial charge in [-0.05, 0) is 35.3 Å². The highest BCUT2D eigenvalue weighted by Crippen LogP contribution is 2.27. The minimum absolute atomic E-state index is 0.0896. The highest BCUT2D eigenvalue weighted by molar-refractivity contribution is 5.82. The number of rotatable bonds is 7. The summed E-state index contributed by atoms with van der Waals surface area (Å²) in [5, 5.41) is 14.6. The first-order chi connectivity index (χ1) is 13.0. The van der Waals surface area contributed by atoms with Gasteiger partial charge in [-0.25, -0.2) is 4.68 Å². The molecule has 1 aliphatic heterocycles. The Balaban J connectivity index is 1.72. The molecule has 0 spiro atoms. The number of benzene rings is 1. The number of tetrazole rings is 1. The van der Waals surface area contributed by atoms with Gasteiger partial charge in [0.1, 0.15) is 6.33 Å². The molecule has 3 rings (SSSR count). The van der Waals surface area contributed by atoms with Crippen LogP contribution in [0.15, 0.2) is 42.2 Å². The Labute approximate surface area is 160 Å². The van der Waals surface area contributed by atoms with Crippen molar-refractivity contribution in [3.63, 3.8) is 0 Å². The zero-order valence-electron chi connectivity index (χ0n) is 16.2. The molecule has 1 aliphatic rings. The Hall–Kier alpha value is -2.54. The van der Waals surface area contributed by atoms with Gasteiger partial charge >= 0.3 is 0 Å². The molecule has 1 N–H and O–H groups in total. The number of nitrogens with one attached hydrogen (secondary N) is 1. The molecular weight excluding hydrogens is 340 g/mol. The normalized spacial score (nSPS) is 21.0. The van der Waals surface area contributed by atoms with E-state index in [0.29, 0.717) is 18.9 Å². The van der Waals surface area contributed by atoms with Gasteiger partial charge in [-0.3, -0.25) is 9.69 Å². The van der Waals surface area contributed by atoms with E-state index in [0.717, 1.165) is 13.1 Å². The minimum atomic E-state index is -0.169. The summed E-state index contributed by atoms with van der Waals surface area (Å²) < 4.78 is 1.76. The summed E-state index contributed by atoms with van der Waals surface area (Å²) in [6, 6.07) is 10.2. The number of hydrogen-bond donors (Lipinski definition) is 1. The summed E-state index contributed by atoms with van der Waals surface area (Å²) in [6.45, 7) is 8.50. The number of hydrogen-bond acceptors (Lipinski definition) is 5. The Kier molecular flexibility index (Phi) is 6.34. The Morgan fingerprint density at radius 2 is 2.11 bits per heavy atom. The van der Waals surface area contributed by atoms with Gasteiger partial charge in [-0.15, -0.1) is 5.10 Å². The molecule has 0 unspecified atom stereocenters. The average molecular weight is 368 g/mol. The number of likely N-dealkylation sites (tertiary alicyclic amines) is 1. The Morgan fingerprint density at radius 3 is 2.78 bits per heavy atom. The maximum Gasteiger partial charge on any atom is 0.237 e. The molecule has 0 saturated carbocycles. The number of carbonyl (C=O) groups is 1. The number of carbonyl (C=O) groups excluding carboxylic acids is 1. The maximum atomic E-state index is 12.8. The van der Waals surface area contributed by atoms with Gasteiger partial charge in [-0.1, -0.05) is 55.8 Å². The van der Waals surface area contributed by atoms with Crippen LogP contribution in [0, 0.1) is 5.92 Å². The van der Waals surface area contributed by atoms with Crippen molar-refractivity contribution < 1.29 is 4.79 Å². The van der Waals surface area contributed by atoms with E-state index < -0.39 is 0 Å². The highest BCUT2D eigenvalue weighted by Gasteiger charge is 2.38. The second-order valence-electron chi connectivity index (χ2n) is 7.66. The molecule has 2 heterocycles. The van der Waals surface area contributed by atoms with Gasteiger partial charge in [0.2, 0.25) is 5.91 Å². The first-order valence-corrected chi connectivity index (χ1v) is 9.49. The van der Waals surface area contributed by atoms with Crippen molar-refractivity contribution >= 4 is 12.0 Å². The fourth-order valence-corrected chi connectivity index (χ4v) is 3.48. The van der Waals surface area contributed by atoms with Crippen molar-refractivity contribution in [1.29, 1.82) is 0 Å². The summed E-state index contributed by atoms with van der Waals surface area (Å²) in [5.41, 5.74) is 2.40. The predicted octanol–water partition coefficient (Wildman–Crippen LogP) is 2.16. The van der Waals surface area contributed by atoms with E-state index in [1.165, 1.54) is 11.1 Å². The van der Waals surface area contributed by atoms with Crippen molar-refractivity contribution in [3.05, 3.63) is 47.8 Å².